The smallest absolute Gasteiger partial charge is 0.243 e. The summed E-state index contributed by atoms with van der Waals surface area (Å²) in [7, 11) is -3.51. The lowest BCUT2D eigenvalue weighted by Crippen LogP contribution is -2.36. The van der Waals surface area contributed by atoms with Gasteiger partial charge in [-0.3, -0.25) is 9.59 Å². The Balaban J connectivity index is 2.83. The van der Waals surface area contributed by atoms with Crippen molar-refractivity contribution in [2.24, 2.45) is 0 Å². The highest BCUT2D eigenvalue weighted by atomic mass is 32.2. The Morgan fingerprint density at radius 3 is 2.20 bits per heavy atom. The highest BCUT2D eigenvalue weighted by molar-refractivity contribution is 7.93. The molecular weight excluding hydrogens is 280 g/mol. The third-order valence-corrected chi connectivity index (χ3v) is 5.45. The van der Waals surface area contributed by atoms with Gasteiger partial charge >= 0.3 is 0 Å². The fourth-order valence-electron chi connectivity index (χ4n) is 1.46. The first-order valence-corrected chi connectivity index (χ1v) is 7.77. The SMILES string of the molecule is CC(=O)c1ccc(NC(=O)[C@H](C)S(=O)(=O)C(C)C)nc1. The molecule has 0 spiro atoms. The molecule has 1 rings (SSSR count). The quantitative estimate of drug-likeness (QED) is 0.830. The van der Waals surface area contributed by atoms with Gasteiger partial charge in [0.2, 0.25) is 5.91 Å². The molecule has 0 aliphatic carbocycles. The van der Waals surface area contributed by atoms with Crippen LogP contribution in [0.4, 0.5) is 5.82 Å². The average molecular weight is 298 g/mol. The fraction of sp³-hybridized carbons (Fsp3) is 0.462. The maximum absolute atomic E-state index is 11.9. The van der Waals surface area contributed by atoms with Gasteiger partial charge in [-0.2, -0.15) is 0 Å². The van der Waals surface area contributed by atoms with E-state index in [1.54, 1.807) is 0 Å². The Bertz CT molecular complexity index is 606. The number of rotatable bonds is 5. The summed E-state index contributed by atoms with van der Waals surface area (Å²) in [5.41, 5.74) is 0.422. The van der Waals surface area contributed by atoms with E-state index in [2.05, 4.69) is 10.3 Å². The topological polar surface area (TPSA) is 93.2 Å². The molecule has 1 aromatic rings. The Morgan fingerprint density at radius 2 is 1.80 bits per heavy atom. The highest BCUT2D eigenvalue weighted by Crippen LogP contribution is 2.12. The Hall–Kier alpha value is -1.76. The van der Waals surface area contributed by atoms with E-state index in [1.807, 2.05) is 0 Å². The van der Waals surface area contributed by atoms with Crippen LogP contribution in [0.5, 0.6) is 0 Å². The Kier molecular flexibility index (Phi) is 4.99. The van der Waals surface area contributed by atoms with Crippen LogP contribution < -0.4 is 5.32 Å². The molecule has 110 valence electrons. The van der Waals surface area contributed by atoms with E-state index < -0.39 is 26.2 Å². The van der Waals surface area contributed by atoms with Crippen molar-refractivity contribution in [1.29, 1.82) is 0 Å². The third-order valence-electron chi connectivity index (χ3n) is 2.94. The lowest BCUT2D eigenvalue weighted by Gasteiger charge is -2.15. The van der Waals surface area contributed by atoms with Crippen molar-refractivity contribution < 1.29 is 18.0 Å². The molecule has 6 nitrogen and oxygen atoms in total. The van der Waals surface area contributed by atoms with Crippen LogP contribution in [0.15, 0.2) is 18.3 Å². The number of aromatic nitrogens is 1. The van der Waals surface area contributed by atoms with Crippen LogP contribution in [-0.4, -0.2) is 35.6 Å². The molecule has 7 heteroatoms. The second-order valence-corrected chi connectivity index (χ2v) is 7.59. The number of carbonyl (C=O) groups excluding carboxylic acids is 2. The maximum Gasteiger partial charge on any atom is 0.243 e. The maximum atomic E-state index is 11.9. The average Bonchev–Trinajstić information content (AvgIpc) is 2.38. The number of carbonyl (C=O) groups is 2. The number of anilines is 1. The van der Waals surface area contributed by atoms with Crippen LogP contribution in [-0.2, 0) is 14.6 Å². The zero-order chi connectivity index (χ0) is 15.5. The normalized spacial score (nSPS) is 13.1. The van der Waals surface area contributed by atoms with Crippen molar-refractivity contribution in [2.75, 3.05) is 5.32 Å². The van der Waals surface area contributed by atoms with Gasteiger partial charge in [-0.15, -0.1) is 0 Å². The van der Waals surface area contributed by atoms with Gasteiger partial charge in [-0.25, -0.2) is 13.4 Å². The Labute approximate surface area is 118 Å². The summed E-state index contributed by atoms with van der Waals surface area (Å²) in [6, 6.07) is 2.98. The molecule has 1 amide bonds. The van der Waals surface area contributed by atoms with Crippen LogP contribution in [0, 0.1) is 0 Å². The summed E-state index contributed by atoms with van der Waals surface area (Å²) < 4.78 is 23.8. The molecule has 0 aromatic carbocycles. The Morgan fingerprint density at radius 1 is 1.20 bits per heavy atom. The zero-order valence-electron chi connectivity index (χ0n) is 11.9. The molecule has 20 heavy (non-hydrogen) atoms. The van der Waals surface area contributed by atoms with Crippen LogP contribution in [0.3, 0.4) is 0 Å². The monoisotopic (exact) mass is 298 g/mol. The second-order valence-electron chi connectivity index (χ2n) is 4.76. The van der Waals surface area contributed by atoms with E-state index in [4.69, 9.17) is 0 Å². The summed E-state index contributed by atoms with van der Waals surface area (Å²) in [6.07, 6.45) is 1.33. The molecule has 1 aromatic heterocycles. The molecule has 1 atom stereocenters. The number of sulfone groups is 1. The van der Waals surface area contributed by atoms with E-state index in [0.29, 0.717) is 5.56 Å². The zero-order valence-corrected chi connectivity index (χ0v) is 12.7. The van der Waals surface area contributed by atoms with Gasteiger partial charge in [-0.1, -0.05) is 0 Å². The van der Waals surface area contributed by atoms with E-state index in [0.717, 1.165) is 0 Å². The molecule has 0 bridgehead atoms. The first kappa shape index (κ1) is 16.3. The van der Waals surface area contributed by atoms with Crippen LogP contribution in [0.1, 0.15) is 38.1 Å². The van der Waals surface area contributed by atoms with Crippen molar-refractivity contribution in [2.45, 2.75) is 38.2 Å². The first-order valence-electron chi connectivity index (χ1n) is 6.16. The number of pyridine rings is 1. The number of hydrogen-bond donors (Lipinski definition) is 1. The van der Waals surface area contributed by atoms with E-state index >= 15 is 0 Å². The van der Waals surface area contributed by atoms with Gasteiger partial charge in [0, 0.05) is 11.8 Å². The van der Waals surface area contributed by atoms with Crippen LogP contribution >= 0.6 is 0 Å². The predicted octanol–water partition coefficient (Wildman–Crippen LogP) is 1.43. The predicted molar refractivity (Wildman–Crippen MR) is 76.4 cm³/mol. The van der Waals surface area contributed by atoms with Crippen molar-refractivity contribution in [3.63, 3.8) is 0 Å². The van der Waals surface area contributed by atoms with Gasteiger partial charge in [0.25, 0.3) is 0 Å². The minimum Gasteiger partial charge on any atom is -0.310 e. The van der Waals surface area contributed by atoms with Crippen molar-refractivity contribution in [3.8, 4) is 0 Å². The molecule has 0 aliphatic rings. The van der Waals surface area contributed by atoms with Crippen LogP contribution in [0.25, 0.3) is 0 Å². The molecular formula is C13H18N2O4S. The standard InChI is InChI=1S/C13H18N2O4S/c1-8(2)20(18,19)10(4)13(17)15-12-6-5-11(7-14-12)9(3)16/h5-8,10H,1-4H3,(H,14,15,17)/t10-/m0/s1. The summed E-state index contributed by atoms with van der Waals surface area (Å²) in [4.78, 5) is 26.9. The van der Waals surface area contributed by atoms with E-state index in [-0.39, 0.29) is 11.6 Å². The van der Waals surface area contributed by atoms with Crippen molar-refractivity contribution >= 4 is 27.3 Å². The molecule has 0 aliphatic heterocycles. The highest BCUT2D eigenvalue weighted by Gasteiger charge is 2.30. The van der Waals surface area contributed by atoms with E-state index in [1.165, 1.54) is 46.0 Å². The number of hydrogen-bond acceptors (Lipinski definition) is 5. The largest absolute Gasteiger partial charge is 0.310 e. The number of amides is 1. The second kappa shape index (κ2) is 6.13. The molecule has 0 unspecified atom stereocenters. The third kappa shape index (κ3) is 3.63. The minimum atomic E-state index is -3.51. The fourth-order valence-corrected chi connectivity index (χ4v) is 2.64. The molecule has 0 fully saturated rings. The summed E-state index contributed by atoms with van der Waals surface area (Å²) >= 11 is 0. The van der Waals surface area contributed by atoms with Crippen molar-refractivity contribution in [1.82, 2.24) is 4.98 Å². The molecule has 1 heterocycles. The van der Waals surface area contributed by atoms with Gasteiger partial charge < -0.3 is 5.32 Å². The minimum absolute atomic E-state index is 0.133. The number of nitrogens with one attached hydrogen (secondary N) is 1. The van der Waals surface area contributed by atoms with Crippen molar-refractivity contribution in [3.05, 3.63) is 23.9 Å². The molecule has 0 saturated heterocycles. The lowest BCUT2D eigenvalue weighted by atomic mass is 10.2. The number of nitrogens with zero attached hydrogens (tertiary/aromatic N) is 1. The summed E-state index contributed by atoms with van der Waals surface area (Å²) in [6.45, 7) is 5.80. The van der Waals surface area contributed by atoms with Gasteiger partial charge in [0.15, 0.2) is 15.6 Å². The van der Waals surface area contributed by atoms with Gasteiger partial charge in [-0.05, 0) is 39.8 Å². The number of Topliss-reactive ketones (excluding diaryl/α,β-unsaturated/α-hetero) is 1. The van der Waals surface area contributed by atoms with Gasteiger partial charge in [0.1, 0.15) is 11.1 Å². The lowest BCUT2D eigenvalue weighted by molar-refractivity contribution is -0.115. The van der Waals surface area contributed by atoms with Crippen LogP contribution in [0.2, 0.25) is 0 Å². The van der Waals surface area contributed by atoms with E-state index in [9.17, 15) is 18.0 Å². The molecule has 0 saturated carbocycles. The number of ketones is 1. The first-order chi connectivity index (χ1) is 9.16. The molecule has 0 radical (unpaired) electrons. The summed E-state index contributed by atoms with van der Waals surface area (Å²) in [5, 5.41) is 0.644. The molecule has 1 N–H and O–H groups in total. The summed E-state index contributed by atoms with van der Waals surface area (Å²) in [5.74, 6) is -0.557. The van der Waals surface area contributed by atoms with Gasteiger partial charge in [0.05, 0.1) is 5.25 Å².